The number of allylic oxidation sites excluding steroid dienone is 18. The zero-order valence-electron chi connectivity index (χ0n) is 42.3. The van der Waals surface area contributed by atoms with Crippen molar-refractivity contribution in [3.05, 3.63) is 109 Å². The zero-order chi connectivity index (χ0) is 48.5. The summed E-state index contributed by atoms with van der Waals surface area (Å²) in [5.74, 6) is -0.881. The van der Waals surface area contributed by atoms with Crippen molar-refractivity contribution in [1.29, 1.82) is 0 Å². The smallest absolute Gasteiger partial charge is 0.306 e. The average molecular weight is 940 g/mol. The molecular weight excluding hydrogens is 846 g/mol. The van der Waals surface area contributed by atoms with Crippen molar-refractivity contribution in [2.24, 2.45) is 0 Å². The van der Waals surface area contributed by atoms with Crippen LogP contribution < -0.4 is 4.89 Å². The van der Waals surface area contributed by atoms with Gasteiger partial charge in [0.2, 0.25) is 0 Å². The summed E-state index contributed by atoms with van der Waals surface area (Å²) < 4.78 is 33.9. The van der Waals surface area contributed by atoms with Gasteiger partial charge in [-0.3, -0.25) is 14.2 Å². The molecule has 2 atom stereocenters. The Balaban J connectivity index is 4.29. The van der Waals surface area contributed by atoms with Gasteiger partial charge in [-0.2, -0.15) is 0 Å². The lowest BCUT2D eigenvalue weighted by Gasteiger charge is -2.28. The fraction of sp³-hybridized carbons (Fsp3) is 0.643. The maximum absolute atomic E-state index is 12.7. The minimum atomic E-state index is -4.64. The third-order valence-corrected chi connectivity index (χ3v) is 11.3. The predicted octanol–water partition coefficient (Wildman–Crippen LogP) is 14.8. The number of quaternary nitrogens is 1. The average Bonchev–Trinajstić information content (AvgIpc) is 3.27. The van der Waals surface area contributed by atoms with Gasteiger partial charge in [-0.05, 0) is 83.5 Å². The molecule has 2 unspecified atom stereocenters. The van der Waals surface area contributed by atoms with Gasteiger partial charge >= 0.3 is 11.9 Å². The van der Waals surface area contributed by atoms with Crippen LogP contribution in [0.4, 0.5) is 0 Å². The molecule has 0 fully saturated rings. The van der Waals surface area contributed by atoms with Crippen LogP contribution in [0.5, 0.6) is 0 Å². The Morgan fingerprint density at radius 2 is 0.864 bits per heavy atom. The molecule has 0 radical (unpaired) electrons. The highest BCUT2D eigenvalue weighted by molar-refractivity contribution is 7.45. The van der Waals surface area contributed by atoms with Crippen molar-refractivity contribution in [3.8, 4) is 0 Å². The second-order valence-corrected chi connectivity index (χ2v) is 19.2. The number of hydrogen-bond acceptors (Lipinski definition) is 8. The molecule has 0 heterocycles. The number of phosphoric ester groups is 1. The second kappa shape index (κ2) is 46.8. The molecule has 0 aromatic heterocycles. The predicted molar refractivity (Wildman–Crippen MR) is 277 cm³/mol. The lowest BCUT2D eigenvalue weighted by molar-refractivity contribution is -0.870. The van der Waals surface area contributed by atoms with E-state index in [-0.39, 0.29) is 26.1 Å². The number of carbonyl (C=O) groups is 2. The molecule has 376 valence electrons. The summed E-state index contributed by atoms with van der Waals surface area (Å²) in [5.41, 5.74) is 0. The molecule has 0 aromatic carbocycles. The quantitative estimate of drug-likeness (QED) is 0.0195. The Kier molecular flexibility index (Phi) is 44.4. The fourth-order valence-electron chi connectivity index (χ4n) is 6.35. The summed E-state index contributed by atoms with van der Waals surface area (Å²) in [4.78, 5) is 37.6. The maximum atomic E-state index is 12.7. The molecule has 0 aliphatic rings. The number of carbonyl (C=O) groups excluding carboxylic acids is 2. The molecule has 0 N–H and O–H groups in total. The van der Waals surface area contributed by atoms with Crippen LogP contribution in [-0.4, -0.2) is 70.0 Å². The Hall–Kier alpha value is -3.33. The number of rotatable bonds is 45. The van der Waals surface area contributed by atoms with E-state index in [0.717, 1.165) is 96.3 Å². The molecule has 0 aromatic rings. The molecule has 0 aliphatic carbocycles. The Morgan fingerprint density at radius 3 is 1.29 bits per heavy atom. The molecule has 0 saturated carbocycles. The summed E-state index contributed by atoms with van der Waals surface area (Å²) in [7, 11) is 1.13. The van der Waals surface area contributed by atoms with Gasteiger partial charge in [-0.25, -0.2) is 0 Å². The van der Waals surface area contributed by atoms with Crippen molar-refractivity contribution in [2.75, 3.05) is 47.5 Å². The van der Waals surface area contributed by atoms with Crippen LogP contribution in [0, 0.1) is 0 Å². The van der Waals surface area contributed by atoms with Crippen molar-refractivity contribution in [2.45, 2.75) is 187 Å². The monoisotopic (exact) mass is 940 g/mol. The molecule has 0 amide bonds. The first kappa shape index (κ1) is 62.7. The van der Waals surface area contributed by atoms with Gasteiger partial charge in [0.1, 0.15) is 19.8 Å². The highest BCUT2D eigenvalue weighted by atomic mass is 31.2. The second-order valence-electron chi connectivity index (χ2n) is 17.8. The van der Waals surface area contributed by atoms with Gasteiger partial charge < -0.3 is 27.9 Å². The summed E-state index contributed by atoms with van der Waals surface area (Å²) >= 11 is 0. The normalized spacial score (nSPS) is 14.3. The van der Waals surface area contributed by atoms with E-state index in [1.54, 1.807) is 0 Å². The maximum Gasteiger partial charge on any atom is 0.306 e. The van der Waals surface area contributed by atoms with Gasteiger partial charge in [0.25, 0.3) is 7.82 Å². The molecular formula is C56H94NO8P. The van der Waals surface area contributed by atoms with E-state index < -0.39 is 32.5 Å². The van der Waals surface area contributed by atoms with E-state index >= 15 is 0 Å². The number of unbranched alkanes of at least 4 members (excludes halogenated alkanes) is 13. The van der Waals surface area contributed by atoms with Crippen LogP contribution in [0.1, 0.15) is 181 Å². The van der Waals surface area contributed by atoms with Gasteiger partial charge in [-0.1, -0.05) is 194 Å². The minimum absolute atomic E-state index is 0.0427. The SMILES string of the molecule is CC/C=C\C/C=C\C/C=C\C/C=C\C/C=C\C/C=C\C/C=C\C/C=C\C/C=C\CCCCCC(=O)OC(COC(=O)CCCCCCCCCCCCC)COP(=O)([O-])OCC[N+](C)(C)C. The number of hydrogen-bond donors (Lipinski definition) is 0. The molecule has 0 rings (SSSR count). The third kappa shape index (κ3) is 50.1. The van der Waals surface area contributed by atoms with E-state index in [1.165, 1.54) is 51.4 Å². The van der Waals surface area contributed by atoms with Crippen LogP contribution in [0.2, 0.25) is 0 Å². The van der Waals surface area contributed by atoms with Crippen LogP contribution in [0.3, 0.4) is 0 Å². The Labute approximate surface area is 404 Å². The molecule has 0 bridgehead atoms. The third-order valence-electron chi connectivity index (χ3n) is 10.3. The summed E-state index contributed by atoms with van der Waals surface area (Å²) in [5, 5.41) is 0. The molecule has 10 heteroatoms. The highest BCUT2D eigenvalue weighted by Gasteiger charge is 2.21. The van der Waals surface area contributed by atoms with Crippen molar-refractivity contribution < 1.29 is 42.1 Å². The van der Waals surface area contributed by atoms with E-state index in [2.05, 4.69) is 123 Å². The van der Waals surface area contributed by atoms with Gasteiger partial charge in [0.05, 0.1) is 27.7 Å². The van der Waals surface area contributed by atoms with Gasteiger partial charge in [0, 0.05) is 12.8 Å². The first-order chi connectivity index (χ1) is 32.0. The Morgan fingerprint density at radius 1 is 0.485 bits per heavy atom. The number of likely N-dealkylation sites (N-methyl/N-ethyl adjacent to an activating group) is 1. The van der Waals surface area contributed by atoms with E-state index in [4.69, 9.17) is 18.5 Å². The molecule has 0 spiro atoms. The Bertz CT molecular complexity index is 1480. The first-order valence-corrected chi connectivity index (χ1v) is 27.1. The molecule has 0 aliphatic heterocycles. The van der Waals surface area contributed by atoms with Gasteiger partial charge in [-0.15, -0.1) is 0 Å². The fourth-order valence-corrected chi connectivity index (χ4v) is 7.08. The van der Waals surface area contributed by atoms with Gasteiger partial charge in [0.15, 0.2) is 6.10 Å². The summed E-state index contributed by atoms with van der Waals surface area (Å²) in [6, 6.07) is 0. The lowest BCUT2D eigenvalue weighted by atomic mass is 10.1. The number of phosphoric acid groups is 1. The highest BCUT2D eigenvalue weighted by Crippen LogP contribution is 2.38. The number of ether oxygens (including phenoxy) is 2. The van der Waals surface area contributed by atoms with Crippen LogP contribution in [0.15, 0.2) is 109 Å². The minimum Gasteiger partial charge on any atom is -0.756 e. The van der Waals surface area contributed by atoms with Crippen molar-refractivity contribution >= 4 is 19.8 Å². The summed E-state index contributed by atoms with van der Waals surface area (Å²) in [6.45, 7) is 4.05. The van der Waals surface area contributed by atoms with E-state index in [9.17, 15) is 19.0 Å². The number of esters is 2. The van der Waals surface area contributed by atoms with Crippen LogP contribution in [-0.2, 0) is 32.7 Å². The largest absolute Gasteiger partial charge is 0.756 e. The molecule has 0 saturated heterocycles. The van der Waals surface area contributed by atoms with E-state index in [1.807, 2.05) is 21.1 Å². The van der Waals surface area contributed by atoms with Crippen LogP contribution >= 0.6 is 7.82 Å². The van der Waals surface area contributed by atoms with Crippen LogP contribution in [0.25, 0.3) is 0 Å². The molecule has 66 heavy (non-hydrogen) atoms. The summed E-state index contributed by atoms with van der Waals surface area (Å²) in [6.07, 6.45) is 64.2. The van der Waals surface area contributed by atoms with E-state index in [0.29, 0.717) is 17.4 Å². The van der Waals surface area contributed by atoms with Crippen molar-refractivity contribution in [3.63, 3.8) is 0 Å². The number of nitrogens with zero attached hydrogens (tertiary/aromatic N) is 1. The van der Waals surface area contributed by atoms with Crippen molar-refractivity contribution in [1.82, 2.24) is 0 Å². The topological polar surface area (TPSA) is 111 Å². The zero-order valence-corrected chi connectivity index (χ0v) is 43.2. The molecule has 9 nitrogen and oxygen atoms in total. The first-order valence-electron chi connectivity index (χ1n) is 25.6. The lowest BCUT2D eigenvalue weighted by Crippen LogP contribution is -2.37. The standard InChI is InChI=1S/C56H94NO8P/c1-6-8-10-12-14-16-18-19-20-21-22-23-24-25-26-27-28-29-30-31-32-33-34-35-36-37-39-41-43-45-47-49-56(59)65-54(53-64-66(60,61)63-51-50-57(3,4)5)52-62-55(58)48-46-44-42-40-38-17-15-13-11-9-7-2/h8,10,14,16,19-20,22-23,25-26,28-29,31-32,34-35,37,39,54H,6-7,9,11-13,15,17-18,21,24,27,30,33,36,38,40-53H2,1-5H3/b10-8-,16-14-,20-19-,23-22-,26-25-,29-28-,32-31-,35-34-,39-37-.